The number of benzene rings is 2. The fourth-order valence-corrected chi connectivity index (χ4v) is 2.70. The van der Waals surface area contributed by atoms with Crippen LogP contribution in [0.1, 0.15) is 28.5 Å². The van der Waals surface area contributed by atoms with E-state index in [-0.39, 0.29) is 5.69 Å². The molecule has 0 spiro atoms. The Balaban J connectivity index is 2.21. The summed E-state index contributed by atoms with van der Waals surface area (Å²) in [5, 5.41) is 0. The fraction of sp³-hybridized carbons (Fsp3) is 0.190. The number of rotatable bonds is 4. The largest absolute Gasteiger partial charge is 0.461 e. The molecule has 4 heteroatoms. The molecule has 25 heavy (non-hydrogen) atoms. The van der Waals surface area contributed by atoms with Crippen molar-refractivity contribution in [1.29, 1.82) is 0 Å². The van der Waals surface area contributed by atoms with Crippen LogP contribution in [0, 0.1) is 13.8 Å². The zero-order chi connectivity index (χ0) is 17.8. The molecule has 0 aliphatic heterocycles. The van der Waals surface area contributed by atoms with Gasteiger partial charge in [-0.2, -0.15) is 0 Å². The van der Waals surface area contributed by atoms with E-state index in [2.05, 4.69) is 4.98 Å². The van der Waals surface area contributed by atoms with Crippen LogP contribution in [-0.4, -0.2) is 22.5 Å². The molecule has 0 unspecified atom stereocenters. The highest BCUT2D eigenvalue weighted by molar-refractivity contribution is 5.89. The summed E-state index contributed by atoms with van der Waals surface area (Å²) in [5.41, 5.74) is 5.02. The molecule has 0 radical (unpaired) electrons. The minimum atomic E-state index is -0.436. The molecule has 0 N–H and O–H groups in total. The maximum absolute atomic E-state index is 12.3. The third-order valence-corrected chi connectivity index (χ3v) is 4.02. The van der Waals surface area contributed by atoms with E-state index in [1.54, 1.807) is 13.0 Å². The number of aryl methyl sites for hydroxylation is 2. The molecular weight excluding hydrogens is 312 g/mol. The zero-order valence-corrected chi connectivity index (χ0v) is 14.6. The molecule has 3 rings (SSSR count). The van der Waals surface area contributed by atoms with E-state index in [1.807, 2.05) is 62.4 Å². The lowest BCUT2D eigenvalue weighted by atomic mass is 10.0. The predicted molar refractivity (Wildman–Crippen MR) is 98.3 cm³/mol. The molecule has 1 heterocycles. The molecule has 0 saturated carbocycles. The lowest BCUT2D eigenvalue weighted by molar-refractivity contribution is 0.0519. The number of hydrogen-bond acceptors (Lipinski definition) is 4. The zero-order valence-electron chi connectivity index (χ0n) is 14.6. The first-order valence-electron chi connectivity index (χ1n) is 8.28. The predicted octanol–water partition coefficient (Wildman–Crippen LogP) is 4.60. The molecule has 0 amide bonds. The molecule has 3 aromatic rings. The molecule has 4 nitrogen and oxygen atoms in total. The van der Waals surface area contributed by atoms with Crippen molar-refractivity contribution in [2.24, 2.45) is 0 Å². The average molecular weight is 332 g/mol. The normalized spacial score (nSPS) is 10.5. The highest BCUT2D eigenvalue weighted by Gasteiger charge is 2.16. The maximum Gasteiger partial charge on any atom is 0.357 e. The SMILES string of the molecule is CCOC(=O)c1cc(-c2ccccc2C)nc(-c2ccccc2C)n1. The van der Waals surface area contributed by atoms with Crippen LogP contribution in [0.15, 0.2) is 54.6 Å². The second-order valence-electron chi connectivity index (χ2n) is 5.81. The summed E-state index contributed by atoms with van der Waals surface area (Å²) in [7, 11) is 0. The number of hydrogen-bond donors (Lipinski definition) is 0. The third kappa shape index (κ3) is 3.58. The Bertz CT molecular complexity index is 856. The number of nitrogens with zero attached hydrogens (tertiary/aromatic N) is 2. The molecule has 0 fully saturated rings. The van der Waals surface area contributed by atoms with Gasteiger partial charge in [0.05, 0.1) is 12.3 Å². The molecule has 1 aromatic heterocycles. The number of carbonyl (C=O) groups excluding carboxylic acids is 1. The Morgan fingerprint density at radius 3 is 2.12 bits per heavy atom. The highest BCUT2D eigenvalue weighted by atomic mass is 16.5. The topological polar surface area (TPSA) is 52.1 Å². The van der Waals surface area contributed by atoms with Gasteiger partial charge in [-0.15, -0.1) is 0 Å². The smallest absolute Gasteiger partial charge is 0.357 e. The fourth-order valence-electron chi connectivity index (χ4n) is 2.70. The van der Waals surface area contributed by atoms with Crippen molar-refractivity contribution in [3.63, 3.8) is 0 Å². The Hall–Kier alpha value is -3.01. The summed E-state index contributed by atoms with van der Waals surface area (Å²) in [6.07, 6.45) is 0. The van der Waals surface area contributed by atoms with Crippen molar-refractivity contribution in [2.45, 2.75) is 20.8 Å². The van der Waals surface area contributed by atoms with Gasteiger partial charge in [-0.25, -0.2) is 14.8 Å². The van der Waals surface area contributed by atoms with E-state index in [4.69, 9.17) is 9.72 Å². The Morgan fingerprint density at radius 2 is 1.52 bits per heavy atom. The average Bonchev–Trinajstić information content (AvgIpc) is 2.62. The first kappa shape index (κ1) is 16.8. The summed E-state index contributed by atoms with van der Waals surface area (Å²) >= 11 is 0. The van der Waals surface area contributed by atoms with Crippen LogP contribution >= 0.6 is 0 Å². The molecular formula is C21H20N2O2. The van der Waals surface area contributed by atoms with E-state index in [0.717, 1.165) is 27.9 Å². The monoisotopic (exact) mass is 332 g/mol. The van der Waals surface area contributed by atoms with Gasteiger partial charge in [0.1, 0.15) is 0 Å². The standard InChI is InChI=1S/C21H20N2O2/c1-4-25-21(24)19-13-18(16-11-7-5-9-14(16)2)22-20(23-19)17-12-8-6-10-15(17)3/h5-13H,4H2,1-3H3. The van der Waals surface area contributed by atoms with Crippen molar-refractivity contribution in [1.82, 2.24) is 9.97 Å². The van der Waals surface area contributed by atoms with Gasteiger partial charge in [-0.1, -0.05) is 48.5 Å². The highest BCUT2D eigenvalue weighted by Crippen LogP contribution is 2.26. The molecule has 2 aromatic carbocycles. The van der Waals surface area contributed by atoms with E-state index >= 15 is 0 Å². The summed E-state index contributed by atoms with van der Waals surface area (Å²) < 4.78 is 5.14. The molecule has 126 valence electrons. The number of aromatic nitrogens is 2. The van der Waals surface area contributed by atoms with Crippen LogP contribution in [0.4, 0.5) is 0 Å². The maximum atomic E-state index is 12.3. The van der Waals surface area contributed by atoms with Gasteiger partial charge in [0.25, 0.3) is 0 Å². The molecule has 0 atom stereocenters. The minimum absolute atomic E-state index is 0.272. The lowest BCUT2D eigenvalue weighted by Gasteiger charge is -2.11. The summed E-state index contributed by atoms with van der Waals surface area (Å²) in [6, 6.07) is 17.5. The van der Waals surface area contributed by atoms with E-state index in [0.29, 0.717) is 12.4 Å². The summed E-state index contributed by atoms with van der Waals surface area (Å²) in [4.78, 5) is 21.4. The van der Waals surface area contributed by atoms with Crippen LogP contribution in [0.25, 0.3) is 22.6 Å². The second-order valence-corrected chi connectivity index (χ2v) is 5.81. The molecule has 0 bridgehead atoms. The Morgan fingerprint density at radius 1 is 0.920 bits per heavy atom. The van der Waals surface area contributed by atoms with E-state index in [1.165, 1.54) is 0 Å². The van der Waals surface area contributed by atoms with Crippen LogP contribution in [0.3, 0.4) is 0 Å². The van der Waals surface area contributed by atoms with Crippen molar-refractivity contribution in [3.05, 3.63) is 71.4 Å². The van der Waals surface area contributed by atoms with E-state index < -0.39 is 5.97 Å². The van der Waals surface area contributed by atoms with Crippen LogP contribution in [0.2, 0.25) is 0 Å². The Kier molecular flexibility index (Phi) is 4.89. The Labute approximate surface area is 147 Å². The minimum Gasteiger partial charge on any atom is -0.461 e. The molecule has 0 aliphatic carbocycles. The van der Waals surface area contributed by atoms with Gasteiger partial charge in [0.15, 0.2) is 11.5 Å². The molecule has 0 saturated heterocycles. The van der Waals surface area contributed by atoms with Gasteiger partial charge in [0, 0.05) is 11.1 Å². The number of carbonyl (C=O) groups is 1. The molecule has 0 aliphatic rings. The quantitative estimate of drug-likeness (QED) is 0.655. The van der Waals surface area contributed by atoms with Gasteiger partial charge in [-0.05, 0) is 38.0 Å². The first-order valence-corrected chi connectivity index (χ1v) is 8.28. The van der Waals surface area contributed by atoms with Gasteiger partial charge >= 0.3 is 5.97 Å². The van der Waals surface area contributed by atoms with Crippen molar-refractivity contribution >= 4 is 5.97 Å². The van der Waals surface area contributed by atoms with Crippen LogP contribution < -0.4 is 0 Å². The number of esters is 1. The lowest BCUT2D eigenvalue weighted by Crippen LogP contribution is -2.09. The summed E-state index contributed by atoms with van der Waals surface area (Å²) in [5.74, 6) is 0.0940. The first-order chi connectivity index (χ1) is 12.1. The third-order valence-electron chi connectivity index (χ3n) is 4.02. The van der Waals surface area contributed by atoms with Gasteiger partial charge < -0.3 is 4.74 Å². The van der Waals surface area contributed by atoms with Gasteiger partial charge in [-0.3, -0.25) is 0 Å². The van der Waals surface area contributed by atoms with Crippen molar-refractivity contribution in [3.8, 4) is 22.6 Å². The van der Waals surface area contributed by atoms with Gasteiger partial charge in [0.2, 0.25) is 0 Å². The van der Waals surface area contributed by atoms with Crippen LogP contribution in [-0.2, 0) is 4.74 Å². The van der Waals surface area contributed by atoms with E-state index in [9.17, 15) is 4.79 Å². The second kappa shape index (κ2) is 7.26. The summed E-state index contributed by atoms with van der Waals surface area (Å²) in [6.45, 7) is 6.12. The van der Waals surface area contributed by atoms with Crippen molar-refractivity contribution < 1.29 is 9.53 Å². The van der Waals surface area contributed by atoms with Crippen LogP contribution in [0.5, 0.6) is 0 Å². The van der Waals surface area contributed by atoms with Crippen molar-refractivity contribution in [2.75, 3.05) is 6.61 Å². The number of ether oxygens (including phenoxy) is 1.